The Morgan fingerprint density at radius 3 is 2.57 bits per heavy atom. The average molecular weight is 392 g/mol. The van der Waals surface area contributed by atoms with Crippen molar-refractivity contribution < 1.29 is 0 Å². The lowest BCUT2D eigenvalue weighted by Gasteiger charge is -1.99. The van der Waals surface area contributed by atoms with Crippen LogP contribution in [-0.2, 0) is 0 Å². The van der Waals surface area contributed by atoms with Gasteiger partial charge in [0.1, 0.15) is 0 Å². The molecule has 0 atom stereocenters. The third-order valence-corrected chi connectivity index (χ3v) is 4.26. The standard InChI is InChI=1S/C15H8BrClN4O2/c16-8-1-6-12-11(7-8)13-19-21(10-4-2-9(17)3-5-10)15(23)20(13)14(22)18-12/h1-7H,(H,18,22). The van der Waals surface area contributed by atoms with Crippen LogP contribution in [0.1, 0.15) is 0 Å². The smallest absolute Gasteiger partial charge is 0.306 e. The molecule has 2 heterocycles. The third kappa shape index (κ3) is 2.20. The summed E-state index contributed by atoms with van der Waals surface area (Å²) in [5.74, 6) is 0. The third-order valence-electron chi connectivity index (χ3n) is 3.52. The summed E-state index contributed by atoms with van der Waals surface area (Å²) < 4.78 is 3.03. The number of aromatic amines is 1. The SMILES string of the molecule is O=c1[nH]c2ccc(Br)cc2c2nn(-c3ccc(Cl)cc3)c(=O)n12. The van der Waals surface area contributed by atoms with Gasteiger partial charge in [-0.2, -0.15) is 9.08 Å². The number of halogens is 2. The Labute approximate surface area is 142 Å². The Bertz CT molecular complexity index is 1170. The molecule has 23 heavy (non-hydrogen) atoms. The van der Waals surface area contributed by atoms with Crippen molar-refractivity contribution in [3.8, 4) is 5.69 Å². The van der Waals surface area contributed by atoms with Gasteiger partial charge in [0.25, 0.3) is 0 Å². The summed E-state index contributed by atoms with van der Waals surface area (Å²) >= 11 is 9.25. The van der Waals surface area contributed by atoms with Gasteiger partial charge in [-0.3, -0.25) is 0 Å². The number of fused-ring (bicyclic) bond motifs is 3. The molecule has 114 valence electrons. The number of aromatic nitrogens is 4. The Kier molecular flexibility index (Phi) is 3.14. The van der Waals surface area contributed by atoms with Crippen molar-refractivity contribution in [2.24, 2.45) is 0 Å². The molecule has 2 aromatic carbocycles. The van der Waals surface area contributed by atoms with Crippen molar-refractivity contribution in [1.29, 1.82) is 0 Å². The van der Waals surface area contributed by atoms with Crippen LogP contribution in [0.3, 0.4) is 0 Å². The van der Waals surface area contributed by atoms with Crippen molar-refractivity contribution in [2.75, 3.05) is 0 Å². The van der Waals surface area contributed by atoms with Crippen LogP contribution in [0.15, 0.2) is 56.5 Å². The lowest BCUT2D eigenvalue weighted by atomic mass is 10.2. The van der Waals surface area contributed by atoms with E-state index in [0.717, 1.165) is 8.87 Å². The Hall–Kier alpha value is -2.38. The molecule has 6 nitrogen and oxygen atoms in total. The van der Waals surface area contributed by atoms with Crippen LogP contribution in [0, 0.1) is 0 Å². The van der Waals surface area contributed by atoms with E-state index in [9.17, 15) is 9.59 Å². The summed E-state index contributed by atoms with van der Waals surface area (Å²) in [5, 5.41) is 5.55. The van der Waals surface area contributed by atoms with Crippen LogP contribution in [-0.4, -0.2) is 19.2 Å². The topological polar surface area (TPSA) is 72.2 Å². The van der Waals surface area contributed by atoms with Gasteiger partial charge in [0.15, 0.2) is 5.65 Å². The second kappa shape index (κ2) is 5.07. The summed E-state index contributed by atoms with van der Waals surface area (Å²) in [5.41, 5.74) is 0.375. The molecule has 0 aliphatic carbocycles. The van der Waals surface area contributed by atoms with E-state index in [4.69, 9.17) is 11.6 Å². The molecule has 0 saturated carbocycles. The largest absolute Gasteiger partial charge is 0.359 e. The van der Waals surface area contributed by atoms with E-state index in [2.05, 4.69) is 26.0 Å². The van der Waals surface area contributed by atoms with Gasteiger partial charge in [-0.1, -0.05) is 27.5 Å². The van der Waals surface area contributed by atoms with Crippen molar-refractivity contribution in [1.82, 2.24) is 19.2 Å². The van der Waals surface area contributed by atoms with Crippen LogP contribution >= 0.6 is 27.5 Å². The molecule has 0 bridgehead atoms. The summed E-state index contributed by atoms with van der Waals surface area (Å²) in [4.78, 5) is 27.5. The summed E-state index contributed by atoms with van der Waals surface area (Å²) in [7, 11) is 0. The highest BCUT2D eigenvalue weighted by molar-refractivity contribution is 9.10. The first-order chi connectivity index (χ1) is 11.0. The van der Waals surface area contributed by atoms with E-state index < -0.39 is 11.4 Å². The number of hydrogen-bond donors (Lipinski definition) is 1. The van der Waals surface area contributed by atoms with Crippen LogP contribution in [0.5, 0.6) is 0 Å². The van der Waals surface area contributed by atoms with Crippen molar-refractivity contribution in [3.63, 3.8) is 0 Å². The maximum absolute atomic E-state index is 12.6. The molecule has 0 fully saturated rings. The minimum atomic E-state index is -0.537. The van der Waals surface area contributed by atoms with E-state index in [1.54, 1.807) is 36.4 Å². The fraction of sp³-hybridized carbons (Fsp3) is 0. The number of benzene rings is 2. The van der Waals surface area contributed by atoms with E-state index in [0.29, 0.717) is 27.3 Å². The molecule has 0 amide bonds. The van der Waals surface area contributed by atoms with Gasteiger partial charge in [0, 0.05) is 14.9 Å². The molecule has 1 N–H and O–H groups in total. The van der Waals surface area contributed by atoms with Gasteiger partial charge in [-0.05, 0) is 42.5 Å². The Balaban J connectivity index is 2.15. The molecule has 8 heteroatoms. The highest BCUT2D eigenvalue weighted by Gasteiger charge is 2.14. The van der Waals surface area contributed by atoms with Crippen molar-refractivity contribution in [2.45, 2.75) is 0 Å². The zero-order valence-corrected chi connectivity index (χ0v) is 13.8. The normalized spacial score (nSPS) is 11.4. The quantitative estimate of drug-likeness (QED) is 0.542. The van der Waals surface area contributed by atoms with E-state index in [1.165, 1.54) is 4.68 Å². The van der Waals surface area contributed by atoms with Gasteiger partial charge < -0.3 is 4.98 Å². The minimum absolute atomic E-state index is 0.296. The molecule has 0 aliphatic heterocycles. The van der Waals surface area contributed by atoms with E-state index >= 15 is 0 Å². The Morgan fingerprint density at radius 1 is 1.09 bits per heavy atom. The van der Waals surface area contributed by atoms with Crippen LogP contribution in [0.4, 0.5) is 0 Å². The predicted octanol–water partition coefficient (Wildman–Crippen LogP) is 2.74. The number of nitrogens with zero attached hydrogens (tertiary/aromatic N) is 3. The zero-order valence-electron chi connectivity index (χ0n) is 11.5. The van der Waals surface area contributed by atoms with Gasteiger partial charge in [0.05, 0.1) is 11.2 Å². The number of rotatable bonds is 1. The number of nitrogens with one attached hydrogen (secondary N) is 1. The van der Waals surface area contributed by atoms with Crippen LogP contribution < -0.4 is 11.4 Å². The lowest BCUT2D eigenvalue weighted by molar-refractivity contribution is 0.828. The number of hydrogen-bond acceptors (Lipinski definition) is 3. The second-order valence-corrected chi connectivity index (χ2v) is 6.30. The molecule has 4 aromatic rings. The monoisotopic (exact) mass is 390 g/mol. The molecule has 2 aromatic heterocycles. The van der Waals surface area contributed by atoms with Crippen molar-refractivity contribution >= 4 is 44.1 Å². The summed E-state index contributed by atoms with van der Waals surface area (Å²) in [6.07, 6.45) is 0. The first-order valence-corrected chi connectivity index (χ1v) is 7.81. The van der Waals surface area contributed by atoms with Crippen LogP contribution in [0.25, 0.3) is 22.2 Å². The number of H-pyrrole nitrogens is 1. The molecule has 0 spiro atoms. The summed E-state index contributed by atoms with van der Waals surface area (Å²) in [6.45, 7) is 0. The fourth-order valence-corrected chi connectivity index (χ4v) is 2.94. The van der Waals surface area contributed by atoms with Gasteiger partial charge in [0.2, 0.25) is 0 Å². The zero-order chi connectivity index (χ0) is 16.1. The molecular formula is C15H8BrClN4O2. The Morgan fingerprint density at radius 2 is 1.83 bits per heavy atom. The molecule has 0 aliphatic rings. The first kappa shape index (κ1) is 14.2. The maximum atomic E-state index is 12.6. The average Bonchev–Trinajstić information content (AvgIpc) is 2.88. The lowest BCUT2D eigenvalue weighted by Crippen LogP contribution is -2.29. The van der Waals surface area contributed by atoms with E-state index in [-0.39, 0.29) is 0 Å². The summed E-state index contributed by atoms with van der Waals surface area (Å²) in [6, 6.07) is 12.0. The molecule has 4 rings (SSSR count). The molecular weight excluding hydrogens is 384 g/mol. The first-order valence-electron chi connectivity index (χ1n) is 6.64. The second-order valence-electron chi connectivity index (χ2n) is 4.95. The minimum Gasteiger partial charge on any atom is -0.306 e. The van der Waals surface area contributed by atoms with Gasteiger partial charge in [-0.15, -0.1) is 5.10 Å². The van der Waals surface area contributed by atoms with Crippen LogP contribution in [0.2, 0.25) is 5.02 Å². The molecule has 0 saturated heterocycles. The highest BCUT2D eigenvalue weighted by Crippen LogP contribution is 2.20. The highest BCUT2D eigenvalue weighted by atomic mass is 79.9. The fourth-order valence-electron chi connectivity index (χ4n) is 2.46. The predicted molar refractivity (Wildman–Crippen MR) is 91.6 cm³/mol. The van der Waals surface area contributed by atoms with Gasteiger partial charge >= 0.3 is 11.4 Å². The van der Waals surface area contributed by atoms with E-state index in [1.807, 2.05) is 6.07 Å². The van der Waals surface area contributed by atoms with Gasteiger partial charge in [-0.25, -0.2) is 9.59 Å². The molecule has 0 radical (unpaired) electrons. The maximum Gasteiger partial charge on any atom is 0.359 e. The molecule has 0 unspecified atom stereocenters. The van der Waals surface area contributed by atoms with Crippen molar-refractivity contribution in [3.05, 3.63) is 72.9 Å².